The van der Waals surface area contributed by atoms with E-state index in [-0.39, 0.29) is 0 Å². The van der Waals surface area contributed by atoms with Crippen molar-refractivity contribution < 1.29 is 22.9 Å². The number of methoxy groups -OCH3 is 2. The van der Waals surface area contributed by atoms with Crippen molar-refractivity contribution in [2.24, 2.45) is 0 Å². The Labute approximate surface area is 294 Å². The second kappa shape index (κ2) is 13.0. The lowest BCUT2D eigenvalue weighted by Crippen LogP contribution is -1.89. The van der Waals surface area contributed by atoms with Crippen LogP contribution in [0.1, 0.15) is 36.3 Å². The number of hydrogen-bond donors (Lipinski definition) is 0. The zero-order valence-corrected chi connectivity index (χ0v) is 28.7. The van der Waals surface area contributed by atoms with Gasteiger partial charge < -0.3 is 18.3 Å². The third-order valence-electron chi connectivity index (χ3n) is 9.28. The van der Waals surface area contributed by atoms with E-state index >= 15 is 0 Å². The first-order chi connectivity index (χ1) is 25.0. The van der Waals surface area contributed by atoms with Crippen LogP contribution in [0.4, 0.5) is 0 Å². The second-order valence-electron chi connectivity index (χ2n) is 12.3. The third-order valence-corrected chi connectivity index (χ3v) is 9.28. The van der Waals surface area contributed by atoms with Crippen molar-refractivity contribution in [2.75, 3.05) is 14.2 Å². The van der Waals surface area contributed by atoms with Crippen LogP contribution in [-0.2, 0) is 0 Å². The maximum absolute atomic E-state index is 6.47. The van der Waals surface area contributed by atoms with Crippen LogP contribution < -0.4 is 9.47 Å². The molecule has 10 heterocycles. The summed E-state index contributed by atoms with van der Waals surface area (Å²) >= 11 is 0. The molecule has 51 heavy (non-hydrogen) atoms. The smallest absolute Gasteiger partial charge is 0.181 e. The van der Waals surface area contributed by atoms with Crippen LogP contribution in [0.15, 0.2) is 135 Å². The van der Waals surface area contributed by atoms with Gasteiger partial charge in [-0.25, -0.2) is 4.63 Å². The molecule has 3 aromatic heterocycles. The number of rotatable bonds is 4. The predicted molar refractivity (Wildman–Crippen MR) is 205 cm³/mol. The van der Waals surface area contributed by atoms with Crippen molar-refractivity contribution in [2.45, 2.75) is 13.8 Å². The van der Waals surface area contributed by atoms with Gasteiger partial charge in [-0.2, -0.15) is 0 Å². The molecule has 0 saturated carbocycles. The Kier molecular flexibility index (Phi) is 8.08. The fourth-order valence-corrected chi connectivity index (χ4v) is 6.63. The fourth-order valence-electron chi connectivity index (χ4n) is 6.63. The molecule has 0 atom stereocenters. The fraction of sp³-hybridized carbons (Fsp3) is 0.0909. The lowest BCUT2D eigenvalue weighted by Gasteiger charge is -2.08. The van der Waals surface area contributed by atoms with Crippen LogP contribution in [-0.4, -0.2) is 24.5 Å². The Morgan fingerprint density at radius 1 is 0.667 bits per heavy atom. The number of aromatic nitrogens is 2. The van der Waals surface area contributed by atoms with Crippen LogP contribution >= 0.6 is 0 Å². The number of hydrogen-bond acceptors (Lipinski definition) is 7. The zero-order chi connectivity index (χ0) is 35.1. The summed E-state index contributed by atoms with van der Waals surface area (Å²) in [4.78, 5) is 0. The molecule has 0 aliphatic carbocycles. The van der Waals surface area contributed by atoms with Crippen LogP contribution in [0.3, 0.4) is 0 Å². The van der Waals surface area contributed by atoms with Gasteiger partial charge in [0.05, 0.1) is 25.0 Å². The minimum absolute atomic E-state index is 0.570. The standard InChI is InChI=1S/C44H34N2O5/c1-6-9-30-11-8-10-27-13-16-32(17-14-27)38-25-36-42(48-5)43-35(41(47-4)44(36)50-38)24-37(49-43)28(7-2)15-12-26(3)29-18-20-31(21-19-29)34-23-22-33(30)39-40(34)46-51-45-39/h6-25H,2H2,1,3-5H3/b9-6-,10-8-,11-8?,15-12?,26-12+,27-10?,28-15+,29-26?,30-11+,33-30?,34-31?,37-28?,38-32?. The molecule has 250 valence electrons. The van der Waals surface area contributed by atoms with Gasteiger partial charge >= 0.3 is 0 Å². The molecule has 12 bridgehead atoms. The summed E-state index contributed by atoms with van der Waals surface area (Å²) in [5.74, 6) is 2.46. The minimum atomic E-state index is 0.570. The molecule has 7 heteroatoms. The highest BCUT2D eigenvalue weighted by molar-refractivity contribution is 6.09. The van der Waals surface area contributed by atoms with Gasteiger partial charge in [-0.05, 0) is 64.1 Å². The Morgan fingerprint density at radius 3 is 1.94 bits per heavy atom. The molecule has 0 radical (unpaired) electrons. The SMILES string of the molecule is C=C/C1=C\C=C(/C)c2ccc(cc2)-c2ccc(c3nonc23)C(/C=C\C)=C/C=C\c2ccc(cc2)-c2cc3c(OC)c4oc1cc4c(OC)c3o2. The molecule has 0 unspecified atom stereocenters. The van der Waals surface area contributed by atoms with Gasteiger partial charge in [-0.15, -0.1) is 0 Å². The number of ether oxygens (including phenoxy) is 2. The quantitative estimate of drug-likeness (QED) is 0.184. The van der Waals surface area contributed by atoms with E-state index < -0.39 is 0 Å². The first-order valence-corrected chi connectivity index (χ1v) is 16.6. The van der Waals surface area contributed by atoms with E-state index in [1.54, 1.807) is 20.3 Å². The molecule has 7 aliphatic heterocycles. The molecule has 0 amide bonds. The average Bonchev–Trinajstić information content (AvgIpc) is 3.93. The minimum Gasteiger partial charge on any atom is -0.492 e. The Hall–Kier alpha value is -6.60. The first kappa shape index (κ1) is 31.7. The summed E-state index contributed by atoms with van der Waals surface area (Å²) in [7, 11) is 3.27. The second-order valence-corrected chi connectivity index (χ2v) is 12.3. The van der Waals surface area contributed by atoms with E-state index in [9.17, 15) is 0 Å². The number of benzene rings is 4. The van der Waals surface area contributed by atoms with E-state index in [4.69, 9.17) is 22.9 Å². The van der Waals surface area contributed by atoms with E-state index in [1.807, 2.05) is 49.4 Å². The molecule has 7 nitrogen and oxygen atoms in total. The molecule has 0 fully saturated rings. The van der Waals surface area contributed by atoms with Crippen LogP contribution in [0.25, 0.3) is 78.2 Å². The van der Waals surface area contributed by atoms with Crippen molar-refractivity contribution in [3.05, 3.63) is 144 Å². The summed E-state index contributed by atoms with van der Waals surface area (Å²) in [5.41, 5.74) is 11.3. The van der Waals surface area contributed by atoms with Gasteiger partial charge in [0.25, 0.3) is 0 Å². The molecule has 14 rings (SSSR count). The predicted octanol–water partition coefficient (Wildman–Crippen LogP) is 11.7. The van der Waals surface area contributed by atoms with Crippen LogP contribution in [0, 0.1) is 0 Å². The summed E-state index contributed by atoms with van der Waals surface area (Å²) in [6.45, 7) is 8.15. The summed E-state index contributed by atoms with van der Waals surface area (Å²) in [5, 5.41) is 10.1. The highest BCUT2D eigenvalue weighted by atomic mass is 16.6. The topological polar surface area (TPSA) is 83.7 Å². The molecule has 7 aromatic rings. The molecular formula is C44H34N2O5. The van der Waals surface area contributed by atoms with Crippen molar-refractivity contribution in [3.63, 3.8) is 0 Å². The van der Waals surface area contributed by atoms with Gasteiger partial charge in [0.2, 0.25) is 0 Å². The Balaban J connectivity index is 1.33. The van der Waals surface area contributed by atoms with Gasteiger partial charge in [0.15, 0.2) is 22.7 Å². The molecule has 0 spiro atoms. The van der Waals surface area contributed by atoms with E-state index in [0.717, 1.165) is 60.9 Å². The highest BCUT2D eigenvalue weighted by Crippen LogP contribution is 2.47. The molecule has 0 saturated heterocycles. The van der Waals surface area contributed by atoms with E-state index in [2.05, 4.69) is 96.7 Å². The van der Waals surface area contributed by atoms with E-state index in [1.165, 1.54) is 0 Å². The lowest BCUT2D eigenvalue weighted by molar-refractivity contribution is 0.315. The normalized spacial score (nSPS) is 17.1. The van der Waals surface area contributed by atoms with Gasteiger partial charge in [-0.1, -0.05) is 116 Å². The Morgan fingerprint density at radius 2 is 1.27 bits per heavy atom. The Bertz CT molecular complexity index is 2560. The highest BCUT2D eigenvalue weighted by Gasteiger charge is 2.24. The van der Waals surface area contributed by atoms with Crippen molar-refractivity contribution >= 4 is 55.8 Å². The number of nitrogens with zero attached hydrogens (tertiary/aromatic N) is 2. The monoisotopic (exact) mass is 670 g/mol. The van der Waals surface area contributed by atoms with Crippen molar-refractivity contribution in [1.29, 1.82) is 0 Å². The first-order valence-electron chi connectivity index (χ1n) is 16.6. The lowest BCUT2D eigenvalue weighted by atomic mass is 9.95. The van der Waals surface area contributed by atoms with E-state index in [0.29, 0.717) is 45.2 Å². The summed E-state index contributed by atoms with van der Waals surface area (Å²) < 4.78 is 30.1. The summed E-state index contributed by atoms with van der Waals surface area (Å²) in [6.07, 6.45) is 16.1. The number of allylic oxidation sites excluding steroid dienone is 10. The van der Waals surface area contributed by atoms with Crippen molar-refractivity contribution in [1.82, 2.24) is 10.3 Å². The molecule has 4 aromatic carbocycles. The number of furan rings is 2. The zero-order valence-electron chi connectivity index (χ0n) is 28.7. The molecule has 7 aliphatic rings. The van der Waals surface area contributed by atoms with Gasteiger partial charge in [0.1, 0.15) is 22.6 Å². The molecular weight excluding hydrogens is 636 g/mol. The largest absolute Gasteiger partial charge is 0.492 e. The molecule has 0 N–H and O–H groups in total. The summed E-state index contributed by atoms with van der Waals surface area (Å²) in [6, 6.07) is 24.6. The van der Waals surface area contributed by atoms with Crippen LogP contribution in [0.2, 0.25) is 0 Å². The third kappa shape index (κ3) is 5.49. The van der Waals surface area contributed by atoms with Crippen molar-refractivity contribution in [3.8, 4) is 33.9 Å². The average molecular weight is 671 g/mol. The maximum Gasteiger partial charge on any atom is 0.181 e. The van der Waals surface area contributed by atoms with Gasteiger partial charge in [0, 0.05) is 22.3 Å². The van der Waals surface area contributed by atoms with Crippen LogP contribution in [0.5, 0.6) is 11.5 Å². The van der Waals surface area contributed by atoms with Gasteiger partial charge in [-0.3, -0.25) is 0 Å². The maximum atomic E-state index is 6.47.